The molecule has 3 aromatic heterocycles. The highest BCUT2D eigenvalue weighted by atomic mass is 16.2. The van der Waals surface area contributed by atoms with Crippen molar-refractivity contribution in [2.24, 2.45) is 7.05 Å². The zero-order valence-electron chi connectivity index (χ0n) is 13.8. The van der Waals surface area contributed by atoms with Crippen LogP contribution in [0.1, 0.15) is 40.5 Å². The van der Waals surface area contributed by atoms with Gasteiger partial charge in [-0.25, -0.2) is 4.98 Å². The Bertz CT molecular complexity index is 902. The summed E-state index contributed by atoms with van der Waals surface area (Å²) < 4.78 is 1.74. The molecule has 1 aliphatic heterocycles. The molecule has 1 amide bonds. The Labute approximate surface area is 140 Å². The van der Waals surface area contributed by atoms with Crippen molar-refractivity contribution >= 4 is 16.9 Å². The van der Waals surface area contributed by atoms with Gasteiger partial charge in [-0.05, 0) is 43.5 Å². The molecule has 6 heteroatoms. The number of hydrogen-bond acceptors (Lipinski definition) is 4. The van der Waals surface area contributed by atoms with Crippen molar-refractivity contribution in [3.8, 4) is 0 Å². The van der Waals surface area contributed by atoms with Gasteiger partial charge in [-0.2, -0.15) is 5.10 Å². The maximum absolute atomic E-state index is 13.0. The predicted molar refractivity (Wildman–Crippen MR) is 90.5 cm³/mol. The second-order valence-corrected chi connectivity index (χ2v) is 6.24. The molecule has 1 atom stereocenters. The van der Waals surface area contributed by atoms with Gasteiger partial charge < -0.3 is 4.90 Å². The highest BCUT2D eigenvalue weighted by Gasteiger charge is 2.31. The number of rotatable bonds is 2. The molecule has 122 valence electrons. The lowest BCUT2D eigenvalue weighted by atomic mass is 10.1. The molecule has 0 aliphatic carbocycles. The molecule has 0 unspecified atom stereocenters. The topological polar surface area (TPSA) is 63.9 Å². The molecule has 6 nitrogen and oxygen atoms in total. The minimum Gasteiger partial charge on any atom is -0.332 e. The minimum atomic E-state index is 0.0342. The molecule has 1 aliphatic rings. The lowest BCUT2D eigenvalue weighted by Gasteiger charge is -2.25. The van der Waals surface area contributed by atoms with Gasteiger partial charge in [0.25, 0.3) is 5.91 Å². The summed E-state index contributed by atoms with van der Waals surface area (Å²) in [6.07, 6.45) is 7.22. The lowest BCUT2D eigenvalue weighted by Crippen LogP contribution is -2.30. The van der Waals surface area contributed by atoms with Crippen LogP contribution in [0.4, 0.5) is 0 Å². The Hall–Kier alpha value is -2.76. The van der Waals surface area contributed by atoms with Crippen molar-refractivity contribution in [1.29, 1.82) is 0 Å². The SMILES string of the molecule is Cc1nn(C)c2ncc(C(=O)N3CCC[C@H]3c3ccncc3)cc12. The predicted octanol–water partition coefficient (Wildman–Crippen LogP) is 2.65. The Kier molecular flexibility index (Phi) is 3.52. The van der Waals surface area contributed by atoms with Gasteiger partial charge in [0.15, 0.2) is 5.65 Å². The van der Waals surface area contributed by atoms with Gasteiger partial charge >= 0.3 is 0 Å². The molecule has 0 bridgehead atoms. The fraction of sp³-hybridized carbons (Fsp3) is 0.333. The van der Waals surface area contributed by atoms with Crippen LogP contribution in [0.3, 0.4) is 0 Å². The first kappa shape index (κ1) is 14.8. The van der Waals surface area contributed by atoms with Crippen LogP contribution in [0, 0.1) is 6.92 Å². The molecule has 24 heavy (non-hydrogen) atoms. The van der Waals surface area contributed by atoms with Gasteiger partial charge in [0.1, 0.15) is 0 Å². The van der Waals surface area contributed by atoms with E-state index in [1.807, 2.05) is 37.1 Å². The van der Waals surface area contributed by atoms with Gasteiger partial charge in [0.2, 0.25) is 0 Å². The van der Waals surface area contributed by atoms with E-state index in [0.29, 0.717) is 5.56 Å². The van der Waals surface area contributed by atoms with Crippen molar-refractivity contribution in [1.82, 2.24) is 24.6 Å². The van der Waals surface area contributed by atoms with E-state index in [1.165, 1.54) is 0 Å². The van der Waals surface area contributed by atoms with Crippen LogP contribution < -0.4 is 0 Å². The van der Waals surface area contributed by atoms with Crippen molar-refractivity contribution in [3.63, 3.8) is 0 Å². The highest BCUT2D eigenvalue weighted by Crippen LogP contribution is 2.33. The molecule has 1 fully saturated rings. The van der Waals surface area contributed by atoms with Crippen molar-refractivity contribution in [2.45, 2.75) is 25.8 Å². The Morgan fingerprint density at radius 2 is 2.08 bits per heavy atom. The van der Waals surface area contributed by atoms with E-state index < -0.39 is 0 Å². The highest BCUT2D eigenvalue weighted by molar-refractivity contribution is 5.97. The van der Waals surface area contributed by atoms with Crippen LogP contribution >= 0.6 is 0 Å². The van der Waals surface area contributed by atoms with E-state index in [-0.39, 0.29) is 11.9 Å². The average Bonchev–Trinajstić information content (AvgIpc) is 3.20. The molecule has 4 rings (SSSR count). The molecule has 3 aromatic rings. The quantitative estimate of drug-likeness (QED) is 0.728. The summed E-state index contributed by atoms with van der Waals surface area (Å²) in [7, 11) is 1.86. The first-order chi connectivity index (χ1) is 11.6. The van der Waals surface area contributed by atoms with Crippen LogP contribution in [0.2, 0.25) is 0 Å². The van der Waals surface area contributed by atoms with Crippen molar-refractivity contribution < 1.29 is 4.79 Å². The zero-order chi connectivity index (χ0) is 16.7. The van der Waals surface area contributed by atoms with Gasteiger partial charge in [0, 0.05) is 37.6 Å². The molecule has 0 aromatic carbocycles. The molecule has 1 saturated heterocycles. The number of amides is 1. The zero-order valence-corrected chi connectivity index (χ0v) is 13.8. The molecule has 0 N–H and O–H groups in total. The summed E-state index contributed by atoms with van der Waals surface area (Å²) >= 11 is 0. The van der Waals surface area contributed by atoms with Crippen LogP contribution in [0.15, 0.2) is 36.8 Å². The monoisotopic (exact) mass is 321 g/mol. The van der Waals surface area contributed by atoms with Crippen LogP contribution in [0.5, 0.6) is 0 Å². The number of fused-ring (bicyclic) bond motifs is 1. The Balaban J connectivity index is 1.69. The minimum absolute atomic E-state index is 0.0342. The summed E-state index contributed by atoms with van der Waals surface area (Å²) in [5, 5.41) is 5.31. The summed E-state index contributed by atoms with van der Waals surface area (Å²) in [5.74, 6) is 0.0342. The third-order valence-corrected chi connectivity index (χ3v) is 4.71. The number of hydrogen-bond donors (Lipinski definition) is 0. The average molecular weight is 321 g/mol. The maximum atomic E-state index is 13.0. The summed E-state index contributed by atoms with van der Waals surface area (Å²) in [5.41, 5.74) is 3.46. The van der Waals surface area contributed by atoms with Gasteiger partial charge in [-0.1, -0.05) is 0 Å². The van der Waals surface area contributed by atoms with Gasteiger partial charge in [0.05, 0.1) is 17.3 Å². The van der Waals surface area contributed by atoms with E-state index in [9.17, 15) is 4.79 Å². The standard InChI is InChI=1S/C18H19N5O/c1-12-15-10-14(11-20-17(15)22(2)21-12)18(24)23-9-3-4-16(23)13-5-7-19-8-6-13/h5-8,10-11,16H,3-4,9H2,1-2H3/t16-/m0/s1. The number of aryl methyl sites for hydroxylation is 2. The number of carbonyl (C=O) groups is 1. The third-order valence-electron chi connectivity index (χ3n) is 4.71. The second kappa shape index (κ2) is 5.70. The fourth-order valence-electron chi connectivity index (χ4n) is 3.53. The normalized spacial score (nSPS) is 17.6. The fourth-order valence-corrected chi connectivity index (χ4v) is 3.53. The molecular weight excluding hydrogens is 302 g/mol. The number of pyridine rings is 2. The van der Waals surface area contributed by atoms with E-state index in [2.05, 4.69) is 15.1 Å². The van der Waals surface area contributed by atoms with Gasteiger partial charge in [-0.15, -0.1) is 0 Å². The second-order valence-electron chi connectivity index (χ2n) is 6.24. The first-order valence-electron chi connectivity index (χ1n) is 8.15. The molecule has 4 heterocycles. The smallest absolute Gasteiger partial charge is 0.255 e. The van der Waals surface area contributed by atoms with E-state index in [1.54, 1.807) is 23.3 Å². The van der Waals surface area contributed by atoms with Crippen LogP contribution in [0.25, 0.3) is 11.0 Å². The van der Waals surface area contributed by atoms with E-state index in [4.69, 9.17) is 0 Å². The Morgan fingerprint density at radius 1 is 1.29 bits per heavy atom. The van der Waals surface area contributed by atoms with E-state index >= 15 is 0 Å². The lowest BCUT2D eigenvalue weighted by molar-refractivity contribution is 0.0735. The van der Waals surface area contributed by atoms with Gasteiger partial charge in [-0.3, -0.25) is 14.5 Å². The van der Waals surface area contributed by atoms with Crippen LogP contribution in [-0.2, 0) is 7.05 Å². The Morgan fingerprint density at radius 3 is 2.88 bits per heavy atom. The number of carbonyl (C=O) groups excluding carboxylic acids is 1. The number of aromatic nitrogens is 4. The summed E-state index contributed by atoms with van der Waals surface area (Å²) in [6, 6.07) is 6.01. The molecule has 0 saturated carbocycles. The number of likely N-dealkylation sites (tertiary alicyclic amines) is 1. The van der Waals surface area contributed by atoms with E-state index in [0.717, 1.165) is 41.7 Å². The molecule has 0 spiro atoms. The molecular formula is C18H19N5O. The largest absolute Gasteiger partial charge is 0.332 e. The third kappa shape index (κ3) is 2.35. The van der Waals surface area contributed by atoms with Crippen molar-refractivity contribution in [2.75, 3.05) is 6.54 Å². The van der Waals surface area contributed by atoms with Crippen molar-refractivity contribution in [3.05, 3.63) is 53.6 Å². The summed E-state index contributed by atoms with van der Waals surface area (Å²) in [6.45, 7) is 2.71. The number of nitrogens with zero attached hydrogens (tertiary/aromatic N) is 5. The maximum Gasteiger partial charge on any atom is 0.255 e. The van der Waals surface area contributed by atoms with Crippen LogP contribution in [-0.4, -0.2) is 37.1 Å². The summed E-state index contributed by atoms with van der Waals surface area (Å²) in [4.78, 5) is 23.5. The molecule has 0 radical (unpaired) electrons. The first-order valence-corrected chi connectivity index (χ1v) is 8.15.